The van der Waals surface area contributed by atoms with Gasteiger partial charge in [0.25, 0.3) is 0 Å². The molecule has 2 heterocycles. The van der Waals surface area contributed by atoms with E-state index in [2.05, 4.69) is 0 Å². The highest BCUT2D eigenvalue weighted by Crippen LogP contribution is 2.53. The van der Waals surface area contributed by atoms with E-state index in [4.69, 9.17) is 15.2 Å². The SMILES string of the molecule is CCOC(=O)N1[C@H](c2cccc(O)c2)[C@@H]2COc3ccc(F)cc3C2N1C(N)=O. The van der Waals surface area contributed by atoms with Gasteiger partial charge in [-0.15, -0.1) is 0 Å². The van der Waals surface area contributed by atoms with Crippen LogP contribution < -0.4 is 10.5 Å². The van der Waals surface area contributed by atoms with E-state index in [0.29, 0.717) is 16.9 Å². The molecular weight excluding hydrogens is 381 g/mol. The van der Waals surface area contributed by atoms with Gasteiger partial charge in [0.1, 0.15) is 17.3 Å². The van der Waals surface area contributed by atoms with Crippen molar-refractivity contribution in [1.82, 2.24) is 10.0 Å². The molecule has 0 radical (unpaired) electrons. The molecule has 0 bridgehead atoms. The number of halogens is 1. The van der Waals surface area contributed by atoms with E-state index in [0.717, 1.165) is 10.0 Å². The van der Waals surface area contributed by atoms with Crippen LogP contribution in [0.15, 0.2) is 42.5 Å². The number of carbonyl (C=O) groups is 2. The molecule has 1 unspecified atom stereocenters. The minimum absolute atomic E-state index is 0.00329. The van der Waals surface area contributed by atoms with Crippen molar-refractivity contribution in [1.29, 1.82) is 0 Å². The lowest BCUT2D eigenvalue weighted by Crippen LogP contribution is -2.49. The third kappa shape index (κ3) is 3.08. The summed E-state index contributed by atoms with van der Waals surface area (Å²) in [6.45, 7) is 1.89. The standard InChI is InChI=1S/C20H20FN3O5/c1-2-28-20(27)24-17(11-4-3-5-13(25)8-11)15-10-29-16-7-6-12(21)9-14(16)18(15)23(24)19(22)26/h3-9,15,17-18,25H,2,10H2,1H3,(H2,22,26)/t15-,17+,18?/m0/s1. The summed E-state index contributed by atoms with van der Waals surface area (Å²) in [4.78, 5) is 25.3. The summed E-state index contributed by atoms with van der Waals surface area (Å²) in [6.07, 6.45) is -0.771. The second-order valence-electron chi connectivity index (χ2n) is 6.87. The number of benzene rings is 2. The van der Waals surface area contributed by atoms with Crippen molar-refractivity contribution >= 4 is 12.1 Å². The van der Waals surface area contributed by atoms with Crippen molar-refractivity contribution in [2.24, 2.45) is 11.7 Å². The Hall–Kier alpha value is -3.49. The quantitative estimate of drug-likeness (QED) is 0.805. The van der Waals surface area contributed by atoms with Crippen LogP contribution in [0.4, 0.5) is 14.0 Å². The number of aromatic hydroxyl groups is 1. The fraction of sp³-hybridized carbons (Fsp3) is 0.300. The van der Waals surface area contributed by atoms with Gasteiger partial charge in [0.05, 0.1) is 25.3 Å². The van der Waals surface area contributed by atoms with E-state index in [1.807, 2.05) is 0 Å². The van der Waals surface area contributed by atoms with Crippen molar-refractivity contribution in [3.63, 3.8) is 0 Å². The van der Waals surface area contributed by atoms with Crippen LogP contribution >= 0.6 is 0 Å². The second kappa shape index (κ2) is 7.16. The number of nitrogens with zero attached hydrogens (tertiary/aromatic N) is 2. The third-order valence-electron chi connectivity index (χ3n) is 5.18. The van der Waals surface area contributed by atoms with Gasteiger partial charge in [-0.2, -0.15) is 0 Å². The van der Waals surface area contributed by atoms with E-state index >= 15 is 0 Å². The molecule has 2 aliphatic heterocycles. The van der Waals surface area contributed by atoms with Crippen molar-refractivity contribution < 1.29 is 28.6 Å². The molecule has 3 atom stereocenters. The van der Waals surface area contributed by atoms with Crippen LogP contribution in [0.25, 0.3) is 0 Å². The van der Waals surface area contributed by atoms with Crippen molar-refractivity contribution in [2.75, 3.05) is 13.2 Å². The number of nitrogens with two attached hydrogens (primary N) is 1. The van der Waals surface area contributed by atoms with Gasteiger partial charge in [-0.05, 0) is 42.8 Å². The molecular formula is C20H20FN3O5. The average molecular weight is 401 g/mol. The largest absolute Gasteiger partial charge is 0.508 e. The summed E-state index contributed by atoms with van der Waals surface area (Å²) in [7, 11) is 0. The van der Waals surface area contributed by atoms with E-state index < -0.39 is 35.9 Å². The number of urea groups is 1. The number of carbonyl (C=O) groups excluding carboxylic acids is 2. The number of hydrazine groups is 1. The number of rotatable bonds is 2. The van der Waals surface area contributed by atoms with E-state index in [1.165, 1.54) is 30.3 Å². The van der Waals surface area contributed by atoms with Crippen LogP contribution in [0, 0.1) is 11.7 Å². The summed E-state index contributed by atoms with van der Waals surface area (Å²) in [6, 6.07) is 8.04. The zero-order chi connectivity index (χ0) is 20.7. The first kappa shape index (κ1) is 18.9. The average Bonchev–Trinajstić information content (AvgIpc) is 3.04. The molecule has 2 aliphatic rings. The second-order valence-corrected chi connectivity index (χ2v) is 6.87. The minimum Gasteiger partial charge on any atom is -0.508 e. The Morgan fingerprint density at radius 1 is 1.24 bits per heavy atom. The number of fused-ring (bicyclic) bond motifs is 3. The molecule has 3 amide bonds. The van der Waals surface area contributed by atoms with Crippen molar-refractivity contribution in [2.45, 2.75) is 19.0 Å². The molecule has 2 aromatic rings. The smallest absolute Gasteiger partial charge is 0.429 e. The zero-order valence-electron chi connectivity index (χ0n) is 15.6. The van der Waals surface area contributed by atoms with Gasteiger partial charge in [0.15, 0.2) is 0 Å². The molecule has 9 heteroatoms. The van der Waals surface area contributed by atoms with Crippen LogP contribution in [-0.4, -0.2) is 40.5 Å². The number of phenols is 1. The molecule has 0 spiro atoms. The number of primary amides is 1. The normalized spacial score (nSPS) is 22.5. The molecule has 2 aromatic carbocycles. The summed E-state index contributed by atoms with van der Waals surface area (Å²) >= 11 is 0. The van der Waals surface area contributed by atoms with Gasteiger partial charge >= 0.3 is 12.1 Å². The number of ether oxygens (including phenoxy) is 2. The van der Waals surface area contributed by atoms with Crippen LogP contribution in [0.2, 0.25) is 0 Å². The Morgan fingerprint density at radius 2 is 2.03 bits per heavy atom. The van der Waals surface area contributed by atoms with Gasteiger partial charge in [-0.25, -0.2) is 24.0 Å². The van der Waals surface area contributed by atoms with Crippen LogP contribution in [-0.2, 0) is 4.74 Å². The molecule has 4 rings (SSSR count). The van der Waals surface area contributed by atoms with E-state index in [-0.39, 0.29) is 19.0 Å². The Kier molecular flexibility index (Phi) is 4.65. The number of phenolic OH excluding ortho intramolecular Hbond substituents is 1. The molecule has 8 nitrogen and oxygen atoms in total. The molecule has 1 saturated heterocycles. The van der Waals surface area contributed by atoms with Crippen LogP contribution in [0.3, 0.4) is 0 Å². The highest BCUT2D eigenvalue weighted by molar-refractivity contribution is 5.79. The molecule has 0 aliphatic carbocycles. The molecule has 0 saturated carbocycles. The highest BCUT2D eigenvalue weighted by Gasteiger charge is 2.56. The first-order chi connectivity index (χ1) is 13.9. The van der Waals surface area contributed by atoms with Crippen molar-refractivity contribution in [3.05, 3.63) is 59.4 Å². The first-order valence-corrected chi connectivity index (χ1v) is 9.18. The fourth-order valence-corrected chi connectivity index (χ4v) is 4.15. The summed E-state index contributed by atoms with van der Waals surface area (Å²) < 4.78 is 25.0. The monoisotopic (exact) mass is 401 g/mol. The molecule has 1 fully saturated rings. The lowest BCUT2D eigenvalue weighted by Gasteiger charge is -2.33. The molecule has 29 heavy (non-hydrogen) atoms. The fourth-order valence-electron chi connectivity index (χ4n) is 4.15. The zero-order valence-corrected chi connectivity index (χ0v) is 15.6. The number of amides is 3. The summed E-state index contributed by atoms with van der Waals surface area (Å²) in [5.74, 6) is -0.535. The number of hydrogen-bond acceptors (Lipinski definition) is 5. The minimum atomic E-state index is -0.882. The Labute approximate surface area is 166 Å². The predicted molar refractivity (Wildman–Crippen MR) is 99.3 cm³/mol. The van der Waals surface area contributed by atoms with E-state index in [9.17, 15) is 19.1 Å². The van der Waals surface area contributed by atoms with E-state index in [1.54, 1.807) is 19.1 Å². The summed E-state index contributed by atoms with van der Waals surface area (Å²) in [5.41, 5.74) is 6.63. The predicted octanol–water partition coefficient (Wildman–Crippen LogP) is 3.09. The molecule has 152 valence electrons. The topological polar surface area (TPSA) is 105 Å². The lowest BCUT2D eigenvalue weighted by atomic mass is 9.84. The number of hydrogen-bond donors (Lipinski definition) is 2. The molecule has 3 N–H and O–H groups in total. The molecule has 0 aromatic heterocycles. The van der Waals surface area contributed by atoms with Gasteiger partial charge < -0.3 is 20.3 Å². The maximum Gasteiger partial charge on any atom is 0.429 e. The maximum atomic E-state index is 14.0. The van der Waals surface area contributed by atoms with Gasteiger partial charge in [-0.3, -0.25) is 0 Å². The van der Waals surface area contributed by atoms with Crippen LogP contribution in [0.5, 0.6) is 11.5 Å². The Morgan fingerprint density at radius 3 is 2.72 bits per heavy atom. The Balaban J connectivity index is 1.90. The first-order valence-electron chi connectivity index (χ1n) is 9.18. The van der Waals surface area contributed by atoms with Gasteiger partial charge in [-0.1, -0.05) is 12.1 Å². The highest BCUT2D eigenvalue weighted by atomic mass is 19.1. The Bertz CT molecular complexity index is 969. The third-order valence-corrected chi connectivity index (χ3v) is 5.18. The van der Waals surface area contributed by atoms with Gasteiger partial charge in [0.2, 0.25) is 0 Å². The lowest BCUT2D eigenvalue weighted by molar-refractivity contribution is 0.00690. The van der Waals surface area contributed by atoms with Crippen LogP contribution in [0.1, 0.15) is 30.1 Å². The summed E-state index contributed by atoms with van der Waals surface area (Å²) in [5, 5.41) is 12.2. The maximum absolute atomic E-state index is 14.0. The van der Waals surface area contributed by atoms with Gasteiger partial charge in [0, 0.05) is 11.5 Å². The van der Waals surface area contributed by atoms with Crippen molar-refractivity contribution in [3.8, 4) is 11.5 Å².